The number of rotatable bonds is 3. The Morgan fingerprint density at radius 2 is 1.83 bits per heavy atom. The average molecular weight is 351 g/mol. The molecule has 5 nitrogen and oxygen atoms in total. The third kappa shape index (κ3) is 2.52. The zero-order valence-electron chi connectivity index (χ0n) is 11.9. The number of halogens is 3. The van der Waals surface area contributed by atoms with Gasteiger partial charge in [-0.05, 0) is 12.1 Å². The van der Waals surface area contributed by atoms with Crippen LogP contribution in [0.1, 0.15) is 28.2 Å². The van der Waals surface area contributed by atoms with Crippen LogP contribution in [0.3, 0.4) is 0 Å². The second-order valence-electron chi connectivity index (χ2n) is 4.95. The number of alkyl halides is 2. The van der Waals surface area contributed by atoms with Crippen LogP contribution in [0, 0.1) is 10.1 Å². The van der Waals surface area contributed by atoms with E-state index >= 15 is 0 Å². The molecule has 0 N–H and O–H groups in total. The Morgan fingerprint density at radius 3 is 2.46 bits per heavy atom. The van der Waals surface area contributed by atoms with Gasteiger partial charge in [-0.15, -0.1) is 0 Å². The van der Waals surface area contributed by atoms with E-state index in [2.05, 4.69) is 0 Å². The van der Waals surface area contributed by atoms with E-state index in [4.69, 9.17) is 11.6 Å². The van der Waals surface area contributed by atoms with Gasteiger partial charge in [0.05, 0.1) is 4.43 Å². The maximum Gasteiger partial charge on any atom is 0.335 e. The minimum atomic E-state index is -3.31. The summed E-state index contributed by atoms with van der Waals surface area (Å²) in [5.74, 6) is -0.956. The maximum atomic E-state index is 13.4. The number of nitrogens with zero attached hydrogens (tertiary/aromatic N) is 2. The highest BCUT2D eigenvalue weighted by Crippen LogP contribution is 2.27. The summed E-state index contributed by atoms with van der Waals surface area (Å²) in [6.07, 6.45) is -3.31. The van der Waals surface area contributed by atoms with Crippen molar-refractivity contribution in [1.29, 1.82) is 0 Å². The third-order valence-electron chi connectivity index (χ3n) is 3.50. The van der Waals surface area contributed by atoms with E-state index in [9.17, 15) is 23.7 Å². The van der Waals surface area contributed by atoms with Crippen molar-refractivity contribution in [2.75, 3.05) is 0 Å². The summed E-state index contributed by atoms with van der Waals surface area (Å²) < 4.78 is 26.8. The Bertz CT molecular complexity index is 1000. The van der Waals surface area contributed by atoms with E-state index in [-0.39, 0.29) is 30.8 Å². The fraction of sp³-hybridized carbons (Fsp3) is 0.0625. The lowest BCUT2D eigenvalue weighted by Crippen LogP contribution is -2.32. The summed E-state index contributed by atoms with van der Waals surface area (Å²) in [5, 5.41) is 12.4. The van der Waals surface area contributed by atoms with Gasteiger partial charge in [-0.3, -0.25) is 4.79 Å². The molecule has 0 bridgehead atoms. The first-order valence-corrected chi connectivity index (χ1v) is 7.15. The molecule has 0 spiro atoms. The van der Waals surface area contributed by atoms with Gasteiger partial charge in [0, 0.05) is 21.6 Å². The average Bonchev–Trinajstić information content (AvgIpc) is 2.57. The Hall–Kier alpha value is -2.80. The highest BCUT2D eigenvalue weighted by Gasteiger charge is 2.34. The zero-order valence-corrected chi connectivity index (χ0v) is 12.7. The zero-order chi connectivity index (χ0) is 17.4. The Morgan fingerprint density at radius 1 is 1.17 bits per heavy atom. The Balaban J connectivity index is 2.41. The molecule has 0 unspecified atom stereocenters. The van der Waals surface area contributed by atoms with Crippen molar-refractivity contribution >= 4 is 28.4 Å². The van der Waals surface area contributed by atoms with Crippen LogP contribution in [0.15, 0.2) is 48.5 Å². The van der Waals surface area contributed by atoms with E-state index in [0.29, 0.717) is 0 Å². The Labute approximate surface area is 138 Å². The summed E-state index contributed by atoms with van der Waals surface area (Å²) in [6.45, 7) is 0. The van der Waals surface area contributed by atoms with Crippen LogP contribution in [0.2, 0.25) is 5.02 Å². The molecule has 0 aliphatic heterocycles. The number of aromatic nitrogens is 2. The predicted molar refractivity (Wildman–Crippen MR) is 83.9 cm³/mol. The monoisotopic (exact) mass is 350 g/mol. The first kappa shape index (κ1) is 16.1. The van der Waals surface area contributed by atoms with Crippen molar-refractivity contribution < 1.29 is 18.0 Å². The van der Waals surface area contributed by atoms with Gasteiger partial charge in [-0.2, -0.15) is 0 Å². The molecule has 0 atom stereocenters. The number of fused-ring (bicyclic) bond motifs is 1. The summed E-state index contributed by atoms with van der Waals surface area (Å²) in [6, 6.07) is 11.1. The summed E-state index contributed by atoms with van der Waals surface area (Å²) in [7, 11) is 0. The van der Waals surface area contributed by atoms with Gasteiger partial charge < -0.3 is 9.94 Å². The van der Waals surface area contributed by atoms with Gasteiger partial charge in [0.1, 0.15) is 5.52 Å². The largest absolute Gasteiger partial charge is 0.805 e. The molecular weight excluding hydrogens is 342 g/mol. The van der Waals surface area contributed by atoms with Crippen molar-refractivity contribution in [1.82, 2.24) is 4.73 Å². The van der Waals surface area contributed by atoms with Crippen LogP contribution in [0.25, 0.3) is 11.0 Å². The van der Waals surface area contributed by atoms with Crippen molar-refractivity contribution in [3.05, 3.63) is 80.6 Å². The molecule has 1 aromatic heterocycles. The number of ketones is 1. The molecule has 0 saturated carbocycles. The lowest BCUT2D eigenvalue weighted by molar-refractivity contribution is -0.468. The smallest absolute Gasteiger partial charge is 0.335 e. The number of hydrogen-bond donors (Lipinski definition) is 0. The second-order valence-corrected chi connectivity index (χ2v) is 5.39. The van der Waals surface area contributed by atoms with E-state index in [1.165, 1.54) is 36.4 Å². The molecule has 2 aromatic carbocycles. The van der Waals surface area contributed by atoms with Crippen molar-refractivity contribution in [3.63, 3.8) is 0 Å². The van der Waals surface area contributed by atoms with Crippen molar-refractivity contribution in [2.24, 2.45) is 0 Å². The van der Waals surface area contributed by atoms with Crippen molar-refractivity contribution in [2.45, 2.75) is 6.43 Å². The standard InChI is InChI=1S/C16H9ClF2N2O3/c17-10-6-7-11-12(8-10)21(24)14(16(18)19)13(20(11)23)15(22)9-4-2-1-3-5-9/h1-8,16H. The molecule has 3 aromatic rings. The van der Waals surface area contributed by atoms with Crippen LogP contribution in [0.5, 0.6) is 0 Å². The maximum absolute atomic E-state index is 13.4. The van der Waals surface area contributed by atoms with Crippen LogP contribution in [0.4, 0.5) is 8.78 Å². The van der Waals surface area contributed by atoms with E-state index in [1.54, 1.807) is 6.07 Å². The molecule has 24 heavy (non-hydrogen) atoms. The molecule has 0 amide bonds. The molecule has 122 valence electrons. The van der Waals surface area contributed by atoms with Crippen LogP contribution in [-0.4, -0.2) is 10.5 Å². The van der Waals surface area contributed by atoms with Gasteiger partial charge >= 0.3 is 5.69 Å². The molecule has 0 radical (unpaired) electrons. The normalized spacial score (nSPS) is 11.2. The fourth-order valence-electron chi connectivity index (χ4n) is 2.41. The molecule has 3 rings (SSSR count). The summed E-state index contributed by atoms with van der Waals surface area (Å²) in [5.41, 5.74) is -2.64. The first-order valence-electron chi connectivity index (χ1n) is 6.78. The quantitative estimate of drug-likeness (QED) is 0.534. The van der Waals surface area contributed by atoms with Gasteiger partial charge in [0.2, 0.25) is 0 Å². The molecule has 0 fully saturated rings. The van der Waals surface area contributed by atoms with Gasteiger partial charge in [-0.1, -0.05) is 41.9 Å². The topological polar surface area (TPSA) is 68.0 Å². The van der Waals surface area contributed by atoms with E-state index in [1.807, 2.05) is 0 Å². The third-order valence-corrected chi connectivity index (χ3v) is 3.73. The fourth-order valence-corrected chi connectivity index (χ4v) is 2.57. The van der Waals surface area contributed by atoms with E-state index in [0.717, 1.165) is 6.07 Å². The molecule has 0 aliphatic carbocycles. The van der Waals surface area contributed by atoms with E-state index < -0.39 is 23.6 Å². The highest BCUT2D eigenvalue weighted by molar-refractivity contribution is 6.31. The summed E-state index contributed by atoms with van der Waals surface area (Å²) in [4.78, 5) is 25.0. The SMILES string of the molecule is O=C(c1ccccc1)c1c(C(F)F)n([O-])c2cc(Cl)ccc2[n+]1=O. The minimum absolute atomic E-state index is 0.0253. The van der Waals surface area contributed by atoms with Gasteiger partial charge in [-0.25, -0.2) is 8.78 Å². The molecule has 1 heterocycles. The minimum Gasteiger partial charge on any atom is -0.805 e. The van der Waals surface area contributed by atoms with Gasteiger partial charge in [0.25, 0.3) is 17.7 Å². The number of hydrogen-bond acceptors (Lipinski definition) is 3. The number of carbonyl (C=O) groups is 1. The first-order chi connectivity index (χ1) is 11.4. The van der Waals surface area contributed by atoms with Crippen LogP contribution >= 0.6 is 11.6 Å². The number of carbonyl (C=O) groups excluding carboxylic acids is 1. The molecule has 0 aliphatic rings. The predicted octanol–water partition coefficient (Wildman–Crippen LogP) is 3.72. The van der Waals surface area contributed by atoms with Crippen molar-refractivity contribution in [3.8, 4) is 0 Å². The van der Waals surface area contributed by atoms with Crippen LogP contribution in [-0.2, 0) is 0 Å². The lowest BCUT2D eigenvalue weighted by atomic mass is 10.1. The van der Waals surface area contributed by atoms with Gasteiger partial charge in [0.15, 0.2) is 5.69 Å². The Kier molecular flexibility index (Phi) is 4.02. The second kappa shape index (κ2) is 6.01. The lowest BCUT2D eigenvalue weighted by Gasteiger charge is -2.18. The molecular formula is C16H9ClF2N2O3. The summed E-state index contributed by atoms with van der Waals surface area (Å²) >= 11 is 5.76. The molecule has 8 heteroatoms. The van der Waals surface area contributed by atoms with Crippen LogP contribution < -0.4 is 4.43 Å². The highest BCUT2D eigenvalue weighted by atomic mass is 35.5. The molecule has 0 saturated heterocycles. The number of benzene rings is 2.